The van der Waals surface area contributed by atoms with E-state index in [-0.39, 0.29) is 11.6 Å². The number of ether oxygens (including phenoxy) is 2. The van der Waals surface area contributed by atoms with Gasteiger partial charge in [0, 0.05) is 37.4 Å². The maximum Gasteiger partial charge on any atom is 0.411 e. The molecule has 2 saturated heterocycles. The minimum atomic E-state index is -0.803. The second kappa shape index (κ2) is 12.7. The van der Waals surface area contributed by atoms with E-state index in [9.17, 15) is 19.2 Å². The van der Waals surface area contributed by atoms with Crippen molar-refractivity contribution in [3.05, 3.63) is 24.3 Å². The molecule has 0 aromatic heterocycles. The maximum absolute atomic E-state index is 12.2. The summed E-state index contributed by atoms with van der Waals surface area (Å²) in [7, 11) is 0. The van der Waals surface area contributed by atoms with E-state index in [1.165, 1.54) is 4.90 Å². The first-order chi connectivity index (χ1) is 16.4. The molecule has 0 bridgehead atoms. The first-order valence-corrected chi connectivity index (χ1v) is 12.8. The van der Waals surface area contributed by atoms with Crippen LogP contribution in [0.5, 0.6) is 0 Å². The van der Waals surface area contributed by atoms with Crippen LogP contribution in [0.3, 0.4) is 0 Å². The van der Waals surface area contributed by atoms with E-state index in [1.807, 2.05) is 20.8 Å². The van der Waals surface area contributed by atoms with Crippen molar-refractivity contribution in [1.82, 2.24) is 9.80 Å². The normalized spacial score (nSPS) is 22.8. The van der Waals surface area contributed by atoms with Crippen molar-refractivity contribution >= 4 is 35.4 Å². The molecule has 0 aromatic rings. The molecule has 0 aromatic carbocycles. The third-order valence-corrected chi connectivity index (χ3v) is 5.90. The fraction of sp³-hybridized carbons (Fsp3) is 0.704. The number of hydrogen-bond donors (Lipinski definition) is 0. The van der Waals surface area contributed by atoms with E-state index in [0.717, 1.165) is 0 Å². The Bertz CT molecular complexity index is 857. The first-order valence-electron chi connectivity index (χ1n) is 12.4. The Morgan fingerprint density at radius 1 is 1.03 bits per heavy atom. The summed E-state index contributed by atoms with van der Waals surface area (Å²) in [6.45, 7) is 21.0. The molecule has 0 spiro atoms. The zero-order valence-electron chi connectivity index (χ0n) is 22.9. The van der Waals surface area contributed by atoms with Gasteiger partial charge in [-0.2, -0.15) is 0 Å². The SMILES string of the molecule is C=C(Cl)C[C@H]1C(=O)CCCN1C(=O)OC(C)(C)C.C=CC[C@@]1(C)C(=O)CCCN1C(=O)OC(C)(C)C. The highest BCUT2D eigenvalue weighted by Crippen LogP contribution is 2.30. The Hall–Kier alpha value is -2.35. The van der Waals surface area contributed by atoms with Crippen LogP contribution in [0.4, 0.5) is 9.59 Å². The predicted molar refractivity (Wildman–Crippen MR) is 141 cm³/mol. The van der Waals surface area contributed by atoms with Gasteiger partial charge < -0.3 is 9.47 Å². The van der Waals surface area contributed by atoms with Crippen LogP contribution < -0.4 is 0 Å². The second-order valence-corrected chi connectivity index (χ2v) is 11.9. The molecule has 0 unspecified atom stereocenters. The Balaban J connectivity index is 0.000000360. The van der Waals surface area contributed by atoms with Crippen LogP contribution in [0.2, 0.25) is 0 Å². The van der Waals surface area contributed by atoms with Gasteiger partial charge in [0.1, 0.15) is 16.7 Å². The zero-order valence-corrected chi connectivity index (χ0v) is 23.7. The molecule has 0 saturated carbocycles. The van der Waals surface area contributed by atoms with Gasteiger partial charge in [0.05, 0.1) is 6.04 Å². The summed E-state index contributed by atoms with van der Waals surface area (Å²) in [6, 6.07) is -0.529. The van der Waals surface area contributed by atoms with Crippen LogP contribution in [0, 0.1) is 0 Å². The smallest absolute Gasteiger partial charge is 0.411 e. The summed E-state index contributed by atoms with van der Waals surface area (Å²) in [5.41, 5.74) is -1.92. The molecular weight excluding hydrogens is 484 g/mol. The molecule has 36 heavy (non-hydrogen) atoms. The Morgan fingerprint density at radius 2 is 1.56 bits per heavy atom. The number of carbonyl (C=O) groups is 4. The van der Waals surface area contributed by atoms with E-state index in [0.29, 0.717) is 56.6 Å². The van der Waals surface area contributed by atoms with E-state index in [4.69, 9.17) is 21.1 Å². The quantitative estimate of drug-likeness (QED) is 0.416. The lowest BCUT2D eigenvalue weighted by atomic mass is 9.84. The van der Waals surface area contributed by atoms with Gasteiger partial charge in [0.25, 0.3) is 0 Å². The topological polar surface area (TPSA) is 93.2 Å². The molecule has 0 N–H and O–H groups in total. The number of piperidine rings is 2. The van der Waals surface area contributed by atoms with Gasteiger partial charge >= 0.3 is 12.2 Å². The number of ketones is 2. The molecule has 2 amide bonds. The zero-order chi connectivity index (χ0) is 27.9. The lowest BCUT2D eigenvalue weighted by Gasteiger charge is -2.43. The summed E-state index contributed by atoms with van der Waals surface area (Å²) in [5.74, 6) is 0.105. The fourth-order valence-corrected chi connectivity index (χ4v) is 4.22. The average molecular weight is 527 g/mol. The highest BCUT2D eigenvalue weighted by molar-refractivity contribution is 6.29. The monoisotopic (exact) mass is 526 g/mol. The minimum Gasteiger partial charge on any atom is -0.444 e. The van der Waals surface area contributed by atoms with E-state index in [2.05, 4.69) is 13.2 Å². The molecular formula is C27H43ClN2O6. The largest absolute Gasteiger partial charge is 0.444 e. The standard InChI is InChI=1S/C14H23NO3.C13H20ClNO3/c1-6-9-14(5)11(16)8-7-10-15(14)12(17)18-13(2,3)4;1-9(14)8-10-11(16)6-5-7-15(10)12(17)18-13(2,3)4/h6H,1,7-10H2,2-5H3;10H,1,5-8H2,2-4H3/t14-;10-/m00/s1. The van der Waals surface area contributed by atoms with Gasteiger partial charge in [-0.05, 0) is 67.7 Å². The van der Waals surface area contributed by atoms with Crippen molar-refractivity contribution < 1.29 is 28.7 Å². The van der Waals surface area contributed by atoms with Gasteiger partial charge in [-0.1, -0.05) is 24.3 Å². The highest BCUT2D eigenvalue weighted by Gasteiger charge is 2.44. The third kappa shape index (κ3) is 9.60. The number of amides is 2. The number of likely N-dealkylation sites (tertiary alicyclic amines) is 2. The van der Waals surface area contributed by atoms with Gasteiger partial charge in [-0.25, -0.2) is 9.59 Å². The van der Waals surface area contributed by atoms with Gasteiger partial charge in [0.15, 0.2) is 11.6 Å². The number of rotatable bonds is 4. The summed E-state index contributed by atoms with van der Waals surface area (Å²) in [4.78, 5) is 51.2. The molecule has 2 atom stereocenters. The maximum atomic E-state index is 12.2. The van der Waals surface area contributed by atoms with Gasteiger partial charge in [0.2, 0.25) is 0 Å². The Morgan fingerprint density at radius 3 is 2.06 bits per heavy atom. The van der Waals surface area contributed by atoms with Gasteiger partial charge in [-0.3, -0.25) is 19.4 Å². The first kappa shape index (κ1) is 31.7. The third-order valence-electron chi connectivity index (χ3n) is 5.75. The fourth-order valence-electron chi connectivity index (χ4n) is 4.07. The number of hydrogen-bond acceptors (Lipinski definition) is 6. The number of carbonyl (C=O) groups excluding carboxylic acids is 4. The summed E-state index contributed by atoms with van der Waals surface area (Å²) >= 11 is 5.75. The lowest BCUT2D eigenvalue weighted by Crippen LogP contribution is -2.58. The van der Waals surface area contributed by atoms with Crippen LogP contribution in [-0.4, -0.2) is 69.4 Å². The molecule has 0 aliphatic carbocycles. The molecule has 2 rings (SSSR count). The molecule has 204 valence electrons. The summed E-state index contributed by atoms with van der Waals surface area (Å²) in [6.07, 6.45) is 3.93. The van der Waals surface area contributed by atoms with E-state index in [1.54, 1.807) is 38.7 Å². The van der Waals surface area contributed by atoms with Crippen LogP contribution in [-0.2, 0) is 19.1 Å². The Kier molecular flexibility index (Phi) is 11.2. The molecule has 2 aliphatic rings. The van der Waals surface area contributed by atoms with Crippen molar-refractivity contribution in [2.24, 2.45) is 0 Å². The van der Waals surface area contributed by atoms with Crippen LogP contribution >= 0.6 is 11.6 Å². The van der Waals surface area contributed by atoms with Crippen LogP contribution in [0.25, 0.3) is 0 Å². The molecule has 0 radical (unpaired) electrons. The van der Waals surface area contributed by atoms with Crippen molar-refractivity contribution in [2.75, 3.05) is 13.1 Å². The molecule has 9 heteroatoms. The Labute approximate surface area is 221 Å². The molecule has 8 nitrogen and oxygen atoms in total. The highest BCUT2D eigenvalue weighted by atomic mass is 35.5. The summed E-state index contributed by atoms with van der Waals surface area (Å²) < 4.78 is 10.7. The van der Waals surface area contributed by atoms with Crippen molar-refractivity contribution in [1.29, 1.82) is 0 Å². The van der Waals surface area contributed by atoms with Crippen molar-refractivity contribution in [2.45, 2.75) is 110 Å². The van der Waals surface area contributed by atoms with Crippen LogP contribution in [0.15, 0.2) is 24.3 Å². The molecule has 2 fully saturated rings. The summed E-state index contributed by atoms with van der Waals surface area (Å²) in [5, 5.41) is 0.379. The van der Waals surface area contributed by atoms with Crippen molar-refractivity contribution in [3.8, 4) is 0 Å². The minimum absolute atomic E-state index is 0.0221. The van der Waals surface area contributed by atoms with Gasteiger partial charge in [-0.15, -0.1) is 6.58 Å². The second-order valence-electron chi connectivity index (χ2n) is 11.4. The predicted octanol–water partition coefficient (Wildman–Crippen LogP) is 6.02. The van der Waals surface area contributed by atoms with Crippen LogP contribution in [0.1, 0.15) is 87.0 Å². The molecule has 2 aliphatic heterocycles. The van der Waals surface area contributed by atoms with E-state index >= 15 is 0 Å². The number of Topliss-reactive ketones (excluding diaryl/α,β-unsaturated/α-hetero) is 2. The average Bonchev–Trinajstić information content (AvgIpc) is 2.69. The number of nitrogens with zero attached hydrogens (tertiary/aromatic N) is 2. The number of halogens is 1. The van der Waals surface area contributed by atoms with E-state index < -0.39 is 35.0 Å². The molecule has 2 heterocycles. The lowest BCUT2D eigenvalue weighted by molar-refractivity contribution is -0.133. The van der Waals surface area contributed by atoms with Crippen molar-refractivity contribution in [3.63, 3.8) is 0 Å².